The third-order valence-corrected chi connectivity index (χ3v) is 4.86. The van der Waals surface area contributed by atoms with Gasteiger partial charge >= 0.3 is 5.97 Å². The number of thiazole rings is 1. The minimum Gasteiger partial charge on any atom is -0.494 e. The Hall–Kier alpha value is -2.58. The highest BCUT2D eigenvalue weighted by molar-refractivity contribution is 7.14. The zero-order valence-electron chi connectivity index (χ0n) is 13.0. The molecule has 0 saturated carbocycles. The third kappa shape index (κ3) is 3.92. The fourth-order valence-electron chi connectivity index (χ4n) is 2.01. The van der Waals surface area contributed by atoms with Crippen molar-refractivity contribution in [2.75, 3.05) is 13.7 Å². The van der Waals surface area contributed by atoms with Gasteiger partial charge in [0, 0.05) is 21.9 Å². The average molecular weight is 377 g/mol. The van der Waals surface area contributed by atoms with Crippen molar-refractivity contribution < 1.29 is 23.5 Å². The maximum atomic E-state index is 13.6. The van der Waals surface area contributed by atoms with Gasteiger partial charge in [0.05, 0.1) is 7.11 Å². The van der Waals surface area contributed by atoms with E-state index < -0.39 is 24.2 Å². The maximum Gasteiger partial charge on any atom is 0.358 e. The molecule has 3 rings (SSSR count). The van der Waals surface area contributed by atoms with Gasteiger partial charge in [-0.2, -0.15) is 11.3 Å². The van der Waals surface area contributed by atoms with E-state index in [1.54, 1.807) is 5.38 Å². The van der Waals surface area contributed by atoms with E-state index in [1.165, 1.54) is 41.9 Å². The molecule has 128 valence electrons. The number of benzene rings is 1. The summed E-state index contributed by atoms with van der Waals surface area (Å²) in [6, 6.07) is 5.71. The normalized spacial score (nSPS) is 10.5. The molecular weight excluding hydrogens is 365 g/mol. The number of hydrogen-bond acceptors (Lipinski definition) is 7. The lowest BCUT2D eigenvalue weighted by molar-refractivity contribution is 0.0469. The number of thiophene rings is 1. The number of Topliss-reactive ketones (excluding diaryl/α,β-unsaturated/α-hetero) is 1. The first-order valence-electron chi connectivity index (χ1n) is 7.10. The number of ether oxygens (including phenoxy) is 2. The van der Waals surface area contributed by atoms with Crippen molar-refractivity contribution in [2.45, 2.75) is 0 Å². The van der Waals surface area contributed by atoms with E-state index in [1.807, 2.05) is 16.8 Å². The first-order chi connectivity index (χ1) is 12.1. The molecule has 0 N–H and O–H groups in total. The minimum atomic E-state index is -0.694. The molecule has 1 aromatic carbocycles. The Balaban J connectivity index is 1.62. The van der Waals surface area contributed by atoms with Crippen LogP contribution in [0.5, 0.6) is 5.75 Å². The lowest BCUT2D eigenvalue weighted by Crippen LogP contribution is -2.14. The lowest BCUT2D eigenvalue weighted by Gasteiger charge is -2.05. The summed E-state index contributed by atoms with van der Waals surface area (Å²) in [5.74, 6) is -1.82. The second-order valence-electron chi connectivity index (χ2n) is 4.90. The summed E-state index contributed by atoms with van der Waals surface area (Å²) in [6.07, 6.45) is 0. The Morgan fingerprint density at radius 3 is 2.76 bits per heavy atom. The number of carbonyl (C=O) groups is 2. The van der Waals surface area contributed by atoms with Gasteiger partial charge < -0.3 is 9.47 Å². The molecule has 3 aromatic rings. The SMILES string of the molecule is COc1ccc(C(=O)COC(=O)c2csc(-c3ccsc3)n2)cc1F. The van der Waals surface area contributed by atoms with E-state index in [0.29, 0.717) is 5.01 Å². The molecule has 0 aliphatic heterocycles. The molecule has 0 atom stereocenters. The van der Waals surface area contributed by atoms with E-state index in [9.17, 15) is 14.0 Å². The summed E-state index contributed by atoms with van der Waals surface area (Å²) < 4.78 is 23.4. The molecule has 0 fully saturated rings. The molecule has 0 radical (unpaired) electrons. The number of halogens is 1. The van der Waals surface area contributed by atoms with Crippen LogP contribution in [0.2, 0.25) is 0 Å². The molecule has 5 nitrogen and oxygen atoms in total. The van der Waals surface area contributed by atoms with Crippen molar-refractivity contribution in [1.82, 2.24) is 4.98 Å². The molecule has 2 heterocycles. The Morgan fingerprint density at radius 2 is 2.08 bits per heavy atom. The summed E-state index contributed by atoms with van der Waals surface area (Å²) in [7, 11) is 1.33. The number of methoxy groups -OCH3 is 1. The number of nitrogens with zero attached hydrogens (tertiary/aromatic N) is 1. The maximum absolute atomic E-state index is 13.6. The summed E-state index contributed by atoms with van der Waals surface area (Å²) in [6.45, 7) is -0.490. The highest BCUT2D eigenvalue weighted by Crippen LogP contribution is 2.26. The van der Waals surface area contributed by atoms with Crippen LogP contribution in [-0.2, 0) is 4.74 Å². The summed E-state index contributed by atoms with van der Waals surface area (Å²) in [5, 5.41) is 6.13. The minimum absolute atomic E-state index is 0.0389. The fraction of sp³-hybridized carbons (Fsp3) is 0.118. The number of ketones is 1. The predicted molar refractivity (Wildman–Crippen MR) is 93.0 cm³/mol. The van der Waals surface area contributed by atoms with Crippen LogP contribution in [0, 0.1) is 5.82 Å². The van der Waals surface area contributed by atoms with Gasteiger partial charge in [-0.15, -0.1) is 11.3 Å². The summed E-state index contributed by atoms with van der Waals surface area (Å²) in [4.78, 5) is 28.2. The molecule has 0 unspecified atom stereocenters. The monoisotopic (exact) mass is 377 g/mol. The molecular formula is C17H12FNO4S2. The molecule has 0 aliphatic carbocycles. The van der Waals surface area contributed by atoms with E-state index in [2.05, 4.69) is 4.98 Å². The molecule has 0 amide bonds. The summed E-state index contributed by atoms with van der Waals surface area (Å²) in [5.41, 5.74) is 1.17. The van der Waals surface area contributed by atoms with Crippen molar-refractivity contribution in [2.24, 2.45) is 0 Å². The standard InChI is InChI=1S/C17H12FNO4S2/c1-22-15-3-2-10(6-12(15)18)14(20)7-23-17(21)13-9-25-16(19-13)11-4-5-24-8-11/h2-6,8-9H,7H2,1H3. The molecule has 0 saturated heterocycles. The van der Waals surface area contributed by atoms with E-state index in [0.717, 1.165) is 11.6 Å². The highest BCUT2D eigenvalue weighted by Gasteiger charge is 2.17. The van der Waals surface area contributed by atoms with Gasteiger partial charge in [0.2, 0.25) is 0 Å². The van der Waals surface area contributed by atoms with Gasteiger partial charge in [-0.25, -0.2) is 14.2 Å². The van der Waals surface area contributed by atoms with Gasteiger partial charge in [0.25, 0.3) is 0 Å². The molecule has 0 spiro atoms. The topological polar surface area (TPSA) is 65.5 Å². The van der Waals surface area contributed by atoms with Crippen LogP contribution < -0.4 is 4.74 Å². The van der Waals surface area contributed by atoms with Gasteiger partial charge in [0.1, 0.15) is 5.01 Å². The third-order valence-electron chi connectivity index (χ3n) is 3.29. The van der Waals surface area contributed by atoms with Gasteiger partial charge in [-0.1, -0.05) is 0 Å². The van der Waals surface area contributed by atoms with Crippen molar-refractivity contribution in [3.63, 3.8) is 0 Å². The largest absolute Gasteiger partial charge is 0.494 e. The number of carbonyl (C=O) groups excluding carboxylic acids is 2. The zero-order valence-corrected chi connectivity index (χ0v) is 14.7. The van der Waals surface area contributed by atoms with Crippen LogP contribution in [0.1, 0.15) is 20.8 Å². The zero-order chi connectivity index (χ0) is 17.8. The Morgan fingerprint density at radius 1 is 1.24 bits per heavy atom. The van der Waals surface area contributed by atoms with Crippen molar-refractivity contribution in [3.8, 4) is 16.3 Å². The van der Waals surface area contributed by atoms with E-state index in [4.69, 9.17) is 9.47 Å². The first kappa shape index (κ1) is 17.2. The second kappa shape index (κ2) is 7.54. The summed E-state index contributed by atoms with van der Waals surface area (Å²) >= 11 is 2.85. The van der Waals surface area contributed by atoms with Gasteiger partial charge in [0.15, 0.2) is 29.7 Å². The molecule has 2 aromatic heterocycles. The van der Waals surface area contributed by atoms with Crippen LogP contribution in [0.25, 0.3) is 10.6 Å². The van der Waals surface area contributed by atoms with Crippen molar-refractivity contribution >= 4 is 34.4 Å². The van der Waals surface area contributed by atoms with Gasteiger partial charge in [-0.3, -0.25) is 4.79 Å². The lowest BCUT2D eigenvalue weighted by atomic mass is 10.1. The van der Waals surface area contributed by atoms with Crippen molar-refractivity contribution in [3.05, 3.63) is 57.5 Å². The Bertz CT molecular complexity index is 905. The first-order valence-corrected chi connectivity index (χ1v) is 8.92. The van der Waals surface area contributed by atoms with Crippen LogP contribution in [-0.4, -0.2) is 30.5 Å². The predicted octanol–water partition coefficient (Wildman–Crippen LogP) is 4.06. The fourth-order valence-corrected chi connectivity index (χ4v) is 3.52. The van der Waals surface area contributed by atoms with Crippen LogP contribution in [0.3, 0.4) is 0 Å². The van der Waals surface area contributed by atoms with E-state index >= 15 is 0 Å². The number of rotatable bonds is 6. The highest BCUT2D eigenvalue weighted by atomic mass is 32.1. The molecule has 8 heteroatoms. The van der Waals surface area contributed by atoms with E-state index in [-0.39, 0.29) is 17.0 Å². The molecule has 25 heavy (non-hydrogen) atoms. The van der Waals surface area contributed by atoms with Gasteiger partial charge in [-0.05, 0) is 29.6 Å². The molecule has 0 bridgehead atoms. The number of esters is 1. The smallest absolute Gasteiger partial charge is 0.358 e. The van der Waals surface area contributed by atoms with Crippen LogP contribution >= 0.6 is 22.7 Å². The Labute approximate surface area is 150 Å². The number of aromatic nitrogens is 1. The quantitative estimate of drug-likeness (QED) is 0.479. The van der Waals surface area contributed by atoms with Crippen LogP contribution in [0.4, 0.5) is 4.39 Å². The second-order valence-corrected chi connectivity index (χ2v) is 6.54. The average Bonchev–Trinajstić information content (AvgIpc) is 3.30. The molecule has 0 aliphatic rings. The number of hydrogen-bond donors (Lipinski definition) is 0. The van der Waals surface area contributed by atoms with Crippen LogP contribution in [0.15, 0.2) is 40.4 Å². The Kier molecular flexibility index (Phi) is 5.20. The van der Waals surface area contributed by atoms with Crippen molar-refractivity contribution in [1.29, 1.82) is 0 Å².